The van der Waals surface area contributed by atoms with Crippen LogP contribution in [0.5, 0.6) is 0 Å². The number of hydrogen-bond donors (Lipinski definition) is 1. The van der Waals surface area contributed by atoms with Gasteiger partial charge in [-0.25, -0.2) is 14.3 Å². The number of carbonyl (C=O) groups excluding carboxylic acids is 1. The number of hydrogen-bond acceptors (Lipinski definition) is 4. The van der Waals surface area contributed by atoms with Crippen LogP contribution in [0.25, 0.3) is 5.52 Å². The first-order valence-electron chi connectivity index (χ1n) is 5.81. The fraction of sp³-hybridized carbons (Fsp3) is 0.417. The molecule has 2 rings (SSSR count). The van der Waals surface area contributed by atoms with Gasteiger partial charge in [-0.15, -0.1) is 0 Å². The summed E-state index contributed by atoms with van der Waals surface area (Å²) in [4.78, 5) is 15.6. The molecule has 0 saturated heterocycles. The molecule has 0 atom stereocenters. The van der Waals surface area contributed by atoms with Gasteiger partial charge < -0.3 is 4.74 Å². The van der Waals surface area contributed by atoms with E-state index in [4.69, 9.17) is 4.74 Å². The SMILES string of the molecule is Cc1ccc2c(NC(=O)OCC(C)C)ncnn12. The first kappa shape index (κ1) is 12.3. The molecule has 0 fully saturated rings. The topological polar surface area (TPSA) is 68.5 Å². The summed E-state index contributed by atoms with van der Waals surface area (Å²) in [5.41, 5.74) is 1.72. The number of nitrogens with zero attached hydrogens (tertiary/aromatic N) is 3. The molecular formula is C12H16N4O2. The van der Waals surface area contributed by atoms with E-state index in [1.165, 1.54) is 6.33 Å². The van der Waals surface area contributed by atoms with Gasteiger partial charge in [0.15, 0.2) is 5.82 Å². The third-order valence-corrected chi connectivity index (χ3v) is 2.41. The predicted octanol–water partition coefficient (Wildman–Crippen LogP) is 2.24. The van der Waals surface area contributed by atoms with Gasteiger partial charge in [-0.05, 0) is 25.0 Å². The molecule has 0 aromatic carbocycles. The van der Waals surface area contributed by atoms with E-state index in [1.807, 2.05) is 32.9 Å². The lowest BCUT2D eigenvalue weighted by Gasteiger charge is -2.09. The Bertz CT molecular complexity index is 562. The van der Waals surface area contributed by atoms with E-state index < -0.39 is 6.09 Å². The van der Waals surface area contributed by atoms with Crippen LogP contribution in [-0.2, 0) is 4.74 Å². The van der Waals surface area contributed by atoms with Crippen molar-refractivity contribution < 1.29 is 9.53 Å². The number of carbonyl (C=O) groups is 1. The van der Waals surface area contributed by atoms with E-state index >= 15 is 0 Å². The molecule has 0 aliphatic carbocycles. The highest BCUT2D eigenvalue weighted by atomic mass is 16.5. The molecule has 0 spiro atoms. The number of rotatable bonds is 3. The highest BCUT2D eigenvalue weighted by molar-refractivity contribution is 5.88. The number of aromatic nitrogens is 3. The number of fused-ring (bicyclic) bond motifs is 1. The first-order valence-corrected chi connectivity index (χ1v) is 5.81. The summed E-state index contributed by atoms with van der Waals surface area (Å²) in [6.07, 6.45) is 0.904. The lowest BCUT2D eigenvalue weighted by molar-refractivity contribution is 0.147. The minimum atomic E-state index is -0.497. The van der Waals surface area contributed by atoms with Crippen molar-refractivity contribution in [2.75, 3.05) is 11.9 Å². The zero-order chi connectivity index (χ0) is 13.1. The summed E-state index contributed by atoms with van der Waals surface area (Å²) in [5.74, 6) is 0.753. The van der Waals surface area contributed by atoms with Gasteiger partial charge in [-0.1, -0.05) is 13.8 Å². The molecule has 0 radical (unpaired) electrons. The molecule has 6 nitrogen and oxygen atoms in total. The largest absolute Gasteiger partial charge is 0.449 e. The summed E-state index contributed by atoms with van der Waals surface area (Å²) in [5, 5.41) is 6.72. The van der Waals surface area contributed by atoms with E-state index in [2.05, 4.69) is 15.4 Å². The molecule has 96 valence electrons. The Kier molecular flexibility index (Phi) is 3.45. The Morgan fingerprint density at radius 1 is 1.50 bits per heavy atom. The standard InChI is InChI=1S/C12H16N4O2/c1-8(2)6-18-12(17)15-11-10-5-4-9(3)16(10)14-7-13-11/h4-5,7-8H,6H2,1-3H3,(H,13,14,15,17). The zero-order valence-electron chi connectivity index (χ0n) is 10.7. The predicted molar refractivity (Wildman–Crippen MR) is 67.5 cm³/mol. The van der Waals surface area contributed by atoms with Crippen LogP contribution in [0.1, 0.15) is 19.5 Å². The van der Waals surface area contributed by atoms with Gasteiger partial charge in [0, 0.05) is 5.69 Å². The normalized spacial score (nSPS) is 10.9. The summed E-state index contributed by atoms with van der Waals surface area (Å²) >= 11 is 0. The molecular weight excluding hydrogens is 232 g/mol. The molecule has 2 aromatic heterocycles. The van der Waals surface area contributed by atoms with Gasteiger partial charge in [0.25, 0.3) is 0 Å². The fourth-order valence-electron chi connectivity index (χ4n) is 1.54. The van der Waals surface area contributed by atoms with E-state index in [0.29, 0.717) is 18.3 Å². The van der Waals surface area contributed by atoms with E-state index in [0.717, 1.165) is 11.2 Å². The van der Waals surface area contributed by atoms with Gasteiger partial charge in [-0.2, -0.15) is 5.10 Å². The van der Waals surface area contributed by atoms with Crippen LogP contribution in [0, 0.1) is 12.8 Å². The van der Waals surface area contributed by atoms with Crippen molar-refractivity contribution in [3.8, 4) is 0 Å². The number of nitrogens with one attached hydrogen (secondary N) is 1. The Morgan fingerprint density at radius 3 is 3.00 bits per heavy atom. The molecule has 1 amide bonds. The van der Waals surface area contributed by atoms with Crippen molar-refractivity contribution in [3.05, 3.63) is 24.2 Å². The van der Waals surface area contributed by atoms with Gasteiger partial charge in [0.05, 0.1) is 6.61 Å². The van der Waals surface area contributed by atoms with Gasteiger partial charge in [-0.3, -0.25) is 5.32 Å². The Hall–Kier alpha value is -2.11. The van der Waals surface area contributed by atoms with Crippen molar-refractivity contribution in [3.63, 3.8) is 0 Å². The quantitative estimate of drug-likeness (QED) is 0.904. The van der Waals surface area contributed by atoms with Gasteiger partial charge in [0.1, 0.15) is 11.8 Å². The highest BCUT2D eigenvalue weighted by Crippen LogP contribution is 2.15. The molecule has 0 bridgehead atoms. The smallest absolute Gasteiger partial charge is 0.412 e. The molecule has 0 aliphatic heterocycles. The number of ether oxygens (including phenoxy) is 1. The summed E-state index contributed by atoms with van der Waals surface area (Å²) < 4.78 is 6.76. The number of anilines is 1. The maximum atomic E-state index is 11.6. The van der Waals surface area contributed by atoms with Crippen LogP contribution < -0.4 is 5.32 Å². The minimum Gasteiger partial charge on any atom is -0.449 e. The molecule has 2 heterocycles. The molecule has 1 N–H and O–H groups in total. The van der Waals surface area contributed by atoms with Crippen LogP contribution in [0.4, 0.5) is 10.6 Å². The minimum absolute atomic E-state index is 0.303. The van der Waals surface area contributed by atoms with E-state index in [9.17, 15) is 4.79 Å². The maximum Gasteiger partial charge on any atom is 0.412 e. The first-order chi connectivity index (χ1) is 8.58. The second kappa shape index (κ2) is 5.03. The van der Waals surface area contributed by atoms with E-state index in [1.54, 1.807) is 4.52 Å². The Balaban J connectivity index is 2.14. The molecule has 0 saturated carbocycles. The third kappa shape index (κ3) is 2.58. The molecule has 0 unspecified atom stereocenters. The average Bonchev–Trinajstić information content (AvgIpc) is 2.70. The lowest BCUT2D eigenvalue weighted by atomic mass is 10.2. The second-order valence-corrected chi connectivity index (χ2v) is 4.50. The van der Waals surface area contributed by atoms with E-state index in [-0.39, 0.29) is 0 Å². The van der Waals surface area contributed by atoms with Crippen LogP contribution in [-0.4, -0.2) is 27.3 Å². The molecule has 0 aliphatic rings. The second-order valence-electron chi connectivity index (χ2n) is 4.50. The number of amides is 1. The van der Waals surface area contributed by atoms with Crippen molar-refractivity contribution in [1.29, 1.82) is 0 Å². The molecule has 6 heteroatoms. The summed E-state index contributed by atoms with van der Waals surface area (Å²) in [6, 6.07) is 3.77. The Morgan fingerprint density at radius 2 is 2.28 bits per heavy atom. The van der Waals surface area contributed by atoms with Crippen molar-refractivity contribution in [2.24, 2.45) is 5.92 Å². The maximum absolute atomic E-state index is 11.6. The fourth-order valence-corrected chi connectivity index (χ4v) is 1.54. The van der Waals surface area contributed by atoms with Crippen LogP contribution >= 0.6 is 0 Å². The molecule has 18 heavy (non-hydrogen) atoms. The van der Waals surface area contributed by atoms with Gasteiger partial charge >= 0.3 is 6.09 Å². The Labute approximate surface area is 105 Å². The third-order valence-electron chi connectivity index (χ3n) is 2.41. The van der Waals surface area contributed by atoms with Crippen LogP contribution in [0.2, 0.25) is 0 Å². The summed E-state index contributed by atoms with van der Waals surface area (Å²) in [7, 11) is 0. The average molecular weight is 248 g/mol. The monoisotopic (exact) mass is 248 g/mol. The van der Waals surface area contributed by atoms with Crippen molar-refractivity contribution >= 4 is 17.4 Å². The van der Waals surface area contributed by atoms with Crippen molar-refractivity contribution in [2.45, 2.75) is 20.8 Å². The van der Waals surface area contributed by atoms with Crippen LogP contribution in [0.3, 0.4) is 0 Å². The zero-order valence-corrected chi connectivity index (χ0v) is 10.7. The lowest BCUT2D eigenvalue weighted by Crippen LogP contribution is -2.18. The number of aryl methyl sites for hydroxylation is 1. The van der Waals surface area contributed by atoms with Crippen LogP contribution in [0.15, 0.2) is 18.5 Å². The summed E-state index contributed by atoms with van der Waals surface area (Å²) in [6.45, 7) is 6.27. The van der Waals surface area contributed by atoms with Gasteiger partial charge in [0.2, 0.25) is 0 Å². The van der Waals surface area contributed by atoms with Crippen molar-refractivity contribution in [1.82, 2.24) is 14.6 Å². The highest BCUT2D eigenvalue weighted by Gasteiger charge is 2.10. The molecule has 2 aromatic rings.